The van der Waals surface area contributed by atoms with E-state index in [1.54, 1.807) is 17.9 Å². The van der Waals surface area contributed by atoms with E-state index in [9.17, 15) is 22.7 Å². The van der Waals surface area contributed by atoms with Crippen molar-refractivity contribution in [2.75, 3.05) is 11.0 Å². The van der Waals surface area contributed by atoms with Gasteiger partial charge < -0.3 is 4.55 Å². The average molecular weight is 459 g/mol. The second kappa shape index (κ2) is 8.33. The molecular weight excluding hydrogens is 439 g/mol. The standard InChI is InChI=1S/C20H21FN6O4S/c1-24-11-14(10-23-24)12-26-18(28)16-9-15(27(32(30)31)20(13-21)5-6-20)3-4-17(16)25(19(26)29)8-2-7-22/h3-4,9-11H,2,5-6,8,12-13H2,1H3,(H,30,31)/p-1. The van der Waals surface area contributed by atoms with Gasteiger partial charge in [-0.1, -0.05) is 0 Å². The number of halogens is 1. The van der Waals surface area contributed by atoms with Crippen molar-refractivity contribution in [2.24, 2.45) is 7.05 Å². The topological polar surface area (TPSA) is 129 Å². The summed E-state index contributed by atoms with van der Waals surface area (Å²) < 4.78 is 42.3. The predicted octanol–water partition coefficient (Wildman–Crippen LogP) is 0.961. The maximum Gasteiger partial charge on any atom is 0.331 e. The number of aryl methyl sites for hydroxylation is 2. The lowest BCUT2D eigenvalue weighted by Crippen LogP contribution is -2.42. The van der Waals surface area contributed by atoms with Gasteiger partial charge in [0, 0.05) is 42.3 Å². The molecule has 1 aliphatic carbocycles. The molecule has 2 aromatic heterocycles. The molecule has 0 bridgehead atoms. The van der Waals surface area contributed by atoms with Gasteiger partial charge in [-0.05, 0) is 31.0 Å². The van der Waals surface area contributed by atoms with Crippen molar-refractivity contribution in [3.63, 3.8) is 0 Å². The Hall–Kier alpha value is -3.30. The number of aromatic nitrogens is 4. The van der Waals surface area contributed by atoms with Gasteiger partial charge in [0.1, 0.15) is 6.67 Å². The van der Waals surface area contributed by atoms with E-state index in [4.69, 9.17) is 5.26 Å². The molecule has 0 saturated heterocycles. The van der Waals surface area contributed by atoms with Crippen LogP contribution in [0.3, 0.4) is 0 Å². The van der Waals surface area contributed by atoms with Crippen LogP contribution in [0.1, 0.15) is 24.8 Å². The van der Waals surface area contributed by atoms with Crippen molar-refractivity contribution in [1.82, 2.24) is 18.9 Å². The third kappa shape index (κ3) is 3.74. The van der Waals surface area contributed by atoms with Gasteiger partial charge in [0.15, 0.2) is 0 Å². The van der Waals surface area contributed by atoms with Crippen LogP contribution in [-0.2, 0) is 31.4 Å². The Morgan fingerprint density at radius 3 is 2.66 bits per heavy atom. The molecule has 0 aliphatic heterocycles. The first kappa shape index (κ1) is 21.9. The van der Waals surface area contributed by atoms with Crippen LogP contribution < -0.4 is 15.6 Å². The van der Waals surface area contributed by atoms with Gasteiger partial charge >= 0.3 is 5.69 Å². The number of nitriles is 1. The Labute approximate surface area is 184 Å². The molecule has 4 rings (SSSR count). The minimum Gasteiger partial charge on any atom is -0.755 e. The van der Waals surface area contributed by atoms with Crippen molar-refractivity contribution in [2.45, 2.75) is 37.9 Å². The first-order valence-corrected chi connectivity index (χ1v) is 10.9. The van der Waals surface area contributed by atoms with Gasteiger partial charge in [-0.15, -0.1) is 0 Å². The van der Waals surface area contributed by atoms with Crippen LogP contribution in [0.15, 0.2) is 40.2 Å². The SMILES string of the molecule is Cn1cc(Cn2c(=O)c3cc(N(S(=O)[O-])C4(CF)CC4)ccc3n(CCC#N)c2=O)cn1. The molecule has 2 heterocycles. The molecule has 10 nitrogen and oxygen atoms in total. The molecule has 0 N–H and O–H groups in total. The maximum atomic E-state index is 13.6. The summed E-state index contributed by atoms with van der Waals surface area (Å²) in [6, 6.07) is 6.26. The number of rotatable bonds is 8. The molecule has 168 valence electrons. The molecule has 32 heavy (non-hydrogen) atoms. The molecule has 0 spiro atoms. The van der Waals surface area contributed by atoms with E-state index in [1.165, 1.54) is 29.0 Å². The van der Waals surface area contributed by atoms with Crippen molar-refractivity contribution < 1.29 is 13.2 Å². The Morgan fingerprint density at radius 2 is 2.09 bits per heavy atom. The van der Waals surface area contributed by atoms with E-state index in [0.29, 0.717) is 18.4 Å². The van der Waals surface area contributed by atoms with Crippen molar-refractivity contribution in [3.8, 4) is 6.07 Å². The highest BCUT2D eigenvalue weighted by Crippen LogP contribution is 2.45. The second-order valence-corrected chi connectivity index (χ2v) is 8.63. The Balaban J connectivity index is 1.92. The van der Waals surface area contributed by atoms with Crippen LogP contribution in [0.5, 0.6) is 0 Å². The third-order valence-corrected chi connectivity index (χ3v) is 6.54. The highest BCUT2D eigenvalue weighted by atomic mass is 32.2. The molecule has 12 heteroatoms. The van der Waals surface area contributed by atoms with E-state index in [1.807, 2.05) is 6.07 Å². The number of hydrogen-bond acceptors (Lipinski definition) is 6. The number of anilines is 1. The minimum absolute atomic E-state index is 0.0379. The van der Waals surface area contributed by atoms with E-state index in [2.05, 4.69) is 5.10 Å². The molecule has 1 atom stereocenters. The smallest absolute Gasteiger partial charge is 0.331 e. The fourth-order valence-corrected chi connectivity index (χ4v) is 4.68. The first-order valence-electron chi connectivity index (χ1n) is 9.89. The van der Waals surface area contributed by atoms with Crippen LogP contribution in [-0.4, -0.2) is 39.9 Å². The van der Waals surface area contributed by atoms with Crippen molar-refractivity contribution in [3.05, 3.63) is 57.0 Å². The lowest BCUT2D eigenvalue weighted by Gasteiger charge is -2.33. The highest BCUT2D eigenvalue weighted by molar-refractivity contribution is 7.80. The largest absolute Gasteiger partial charge is 0.755 e. The summed E-state index contributed by atoms with van der Waals surface area (Å²) in [5.41, 5.74) is -1.26. The van der Waals surface area contributed by atoms with E-state index < -0.39 is 34.7 Å². The second-order valence-electron chi connectivity index (χ2n) is 7.83. The quantitative estimate of drug-likeness (QED) is 0.462. The van der Waals surface area contributed by atoms with Gasteiger partial charge in [0.25, 0.3) is 5.56 Å². The first-order chi connectivity index (χ1) is 15.3. The Morgan fingerprint density at radius 1 is 1.34 bits per heavy atom. The van der Waals surface area contributed by atoms with Crippen LogP contribution in [0, 0.1) is 11.3 Å². The summed E-state index contributed by atoms with van der Waals surface area (Å²) in [6.07, 6.45) is 4.01. The van der Waals surface area contributed by atoms with Gasteiger partial charge in [-0.3, -0.25) is 27.1 Å². The average Bonchev–Trinajstić information content (AvgIpc) is 3.44. The van der Waals surface area contributed by atoms with Gasteiger partial charge in [0.05, 0.1) is 41.7 Å². The normalized spacial score (nSPS) is 15.4. The van der Waals surface area contributed by atoms with E-state index in [-0.39, 0.29) is 36.1 Å². The summed E-state index contributed by atoms with van der Waals surface area (Å²) in [4.78, 5) is 26.4. The lowest BCUT2D eigenvalue weighted by molar-refractivity contribution is 0.411. The zero-order valence-electron chi connectivity index (χ0n) is 17.2. The molecule has 0 amide bonds. The number of benzene rings is 1. The van der Waals surface area contributed by atoms with E-state index >= 15 is 0 Å². The fourth-order valence-electron chi connectivity index (χ4n) is 3.84. The van der Waals surface area contributed by atoms with Crippen LogP contribution in [0.4, 0.5) is 10.1 Å². The van der Waals surface area contributed by atoms with Crippen LogP contribution >= 0.6 is 0 Å². The molecule has 1 fully saturated rings. The molecule has 1 aliphatic rings. The maximum absolute atomic E-state index is 13.6. The molecule has 0 radical (unpaired) electrons. The third-order valence-electron chi connectivity index (χ3n) is 5.64. The summed E-state index contributed by atoms with van der Waals surface area (Å²) >= 11 is -2.75. The number of nitrogens with zero attached hydrogens (tertiary/aromatic N) is 6. The Kier molecular flexibility index (Phi) is 5.70. The summed E-state index contributed by atoms with van der Waals surface area (Å²) in [5.74, 6) is 0. The minimum atomic E-state index is -2.75. The van der Waals surface area contributed by atoms with E-state index in [0.717, 1.165) is 8.87 Å². The number of hydrogen-bond donors (Lipinski definition) is 0. The molecule has 1 unspecified atom stereocenters. The zero-order chi connectivity index (χ0) is 23.0. The van der Waals surface area contributed by atoms with Gasteiger partial charge in [-0.25, -0.2) is 9.18 Å². The predicted molar refractivity (Wildman–Crippen MR) is 114 cm³/mol. The van der Waals surface area contributed by atoms with Gasteiger partial charge in [-0.2, -0.15) is 10.4 Å². The molecule has 1 saturated carbocycles. The highest BCUT2D eigenvalue weighted by Gasteiger charge is 2.49. The molecular formula is C20H20FN6O4S-. The molecule has 3 aromatic rings. The summed E-state index contributed by atoms with van der Waals surface area (Å²) in [7, 11) is 1.71. The Bertz CT molecular complexity index is 1370. The molecule has 1 aromatic carbocycles. The monoisotopic (exact) mass is 459 g/mol. The summed E-state index contributed by atoms with van der Waals surface area (Å²) in [6.45, 7) is -0.820. The number of fused-ring (bicyclic) bond motifs is 1. The van der Waals surface area contributed by atoms with Crippen LogP contribution in [0.25, 0.3) is 10.9 Å². The fraction of sp³-hybridized carbons (Fsp3) is 0.400. The summed E-state index contributed by atoms with van der Waals surface area (Å²) in [5, 5.41) is 13.1. The van der Waals surface area contributed by atoms with Crippen molar-refractivity contribution >= 4 is 27.9 Å². The van der Waals surface area contributed by atoms with Crippen LogP contribution in [0.2, 0.25) is 0 Å². The lowest BCUT2D eigenvalue weighted by atomic mass is 10.2. The van der Waals surface area contributed by atoms with Gasteiger partial charge in [0.2, 0.25) is 0 Å². The van der Waals surface area contributed by atoms with Crippen molar-refractivity contribution in [1.29, 1.82) is 5.26 Å². The zero-order valence-corrected chi connectivity index (χ0v) is 18.0. The number of alkyl halides is 1.